The Kier molecular flexibility index (Phi) is 6.49. The van der Waals surface area contributed by atoms with Crippen LogP contribution in [0, 0.1) is 5.92 Å². The van der Waals surface area contributed by atoms with Gasteiger partial charge in [0, 0.05) is 18.1 Å². The van der Waals surface area contributed by atoms with Crippen molar-refractivity contribution in [1.82, 2.24) is 9.97 Å². The van der Waals surface area contributed by atoms with Gasteiger partial charge in [-0.15, -0.1) is 0 Å². The van der Waals surface area contributed by atoms with E-state index in [9.17, 15) is 0 Å². The van der Waals surface area contributed by atoms with E-state index in [4.69, 9.17) is 4.74 Å². The van der Waals surface area contributed by atoms with Crippen LogP contribution < -0.4 is 0 Å². The van der Waals surface area contributed by atoms with Crippen molar-refractivity contribution in [3.8, 4) is 0 Å². The third-order valence-electron chi connectivity index (χ3n) is 4.92. The zero-order valence-electron chi connectivity index (χ0n) is 14.1. The molecule has 1 saturated carbocycles. The summed E-state index contributed by atoms with van der Waals surface area (Å²) in [7, 11) is -1.13. The predicted octanol–water partition coefficient (Wildman–Crippen LogP) is 4.71. The van der Waals surface area contributed by atoms with Crippen LogP contribution in [0.2, 0.25) is 19.1 Å². The normalized spacial score (nSPS) is 17.3. The summed E-state index contributed by atoms with van der Waals surface area (Å²) < 4.78 is 5.85. The molecule has 1 aliphatic rings. The molecule has 120 valence electrons. The first-order valence-electron chi connectivity index (χ1n) is 8.69. The van der Waals surface area contributed by atoms with Gasteiger partial charge >= 0.3 is 0 Å². The summed E-state index contributed by atoms with van der Waals surface area (Å²) in [6.45, 7) is 7.67. The monoisotopic (exact) mass is 308 g/mol. The van der Waals surface area contributed by atoms with Crippen LogP contribution in [0.5, 0.6) is 0 Å². The summed E-state index contributed by atoms with van der Waals surface area (Å²) in [5.41, 5.74) is 1.28. The zero-order chi connectivity index (χ0) is 15.1. The zero-order valence-corrected chi connectivity index (χ0v) is 15.1. The highest BCUT2D eigenvalue weighted by atomic mass is 28.3. The molecule has 2 rings (SSSR count). The summed E-state index contributed by atoms with van der Waals surface area (Å²) in [6.07, 6.45) is 12.6. The number of nitrogens with one attached hydrogen (secondary N) is 1. The molecule has 1 aliphatic carbocycles. The van der Waals surface area contributed by atoms with Gasteiger partial charge < -0.3 is 9.72 Å². The van der Waals surface area contributed by atoms with Crippen molar-refractivity contribution in [3.63, 3.8) is 0 Å². The van der Waals surface area contributed by atoms with Gasteiger partial charge in [-0.05, 0) is 18.8 Å². The van der Waals surface area contributed by atoms with Crippen molar-refractivity contribution < 1.29 is 4.74 Å². The van der Waals surface area contributed by atoms with E-state index in [0.717, 1.165) is 24.4 Å². The molecule has 21 heavy (non-hydrogen) atoms. The Morgan fingerprint density at radius 3 is 2.76 bits per heavy atom. The largest absolute Gasteiger partial charge is 0.377 e. The third-order valence-corrected chi connectivity index (χ3v) is 7.82. The Balaban J connectivity index is 1.68. The van der Waals surface area contributed by atoms with Crippen molar-refractivity contribution in [1.29, 1.82) is 0 Å². The van der Waals surface area contributed by atoms with Crippen LogP contribution in [-0.4, -0.2) is 24.3 Å². The number of aromatic amines is 1. The van der Waals surface area contributed by atoms with E-state index in [0.29, 0.717) is 6.61 Å². The van der Waals surface area contributed by atoms with E-state index < -0.39 is 8.07 Å². The Hall–Kier alpha value is -0.613. The van der Waals surface area contributed by atoms with E-state index in [-0.39, 0.29) is 0 Å². The maximum Gasteiger partial charge on any atom is 0.132 e. The number of hydrogen-bond acceptors (Lipinski definition) is 2. The molecular formula is C17H32N2OSi. The maximum atomic E-state index is 5.85. The second kappa shape index (κ2) is 8.13. The van der Waals surface area contributed by atoms with Gasteiger partial charge in [-0.25, -0.2) is 4.98 Å². The van der Waals surface area contributed by atoms with Crippen LogP contribution in [0.4, 0.5) is 0 Å². The minimum atomic E-state index is -1.13. The number of imidazole rings is 1. The number of aromatic nitrogens is 2. The number of nitrogens with zero attached hydrogens (tertiary/aromatic N) is 1. The van der Waals surface area contributed by atoms with Crippen LogP contribution >= 0.6 is 0 Å². The summed E-state index contributed by atoms with van der Waals surface area (Å²) in [6, 6.07) is 1.28. The Morgan fingerprint density at radius 1 is 1.29 bits per heavy atom. The number of ether oxygens (including phenoxy) is 1. The molecule has 0 atom stereocenters. The quantitative estimate of drug-likeness (QED) is 0.706. The molecule has 4 heteroatoms. The molecular weight excluding hydrogens is 276 g/mol. The summed E-state index contributed by atoms with van der Waals surface area (Å²) in [4.78, 5) is 7.90. The second-order valence-corrected chi connectivity index (χ2v) is 12.7. The third kappa shape index (κ3) is 5.95. The molecule has 0 aliphatic heterocycles. The van der Waals surface area contributed by atoms with Crippen LogP contribution in [0.15, 0.2) is 6.20 Å². The lowest BCUT2D eigenvalue weighted by Gasteiger charge is -2.20. The van der Waals surface area contributed by atoms with Crippen LogP contribution in [0.1, 0.15) is 57.0 Å². The molecule has 0 saturated heterocycles. The van der Waals surface area contributed by atoms with Gasteiger partial charge in [-0.3, -0.25) is 0 Å². The average Bonchev–Trinajstić information content (AvgIpc) is 2.94. The van der Waals surface area contributed by atoms with Gasteiger partial charge in [0.1, 0.15) is 12.4 Å². The van der Waals surface area contributed by atoms with Gasteiger partial charge in [0.15, 0.2) is 0 Å². The van der Waals surface area contributed by atoms with E-state index in [1.807, 2.05) is 6.20 Å². The van der Waals surface area contributed by atoms with E-state index in [1.165, 1.54) is 50.3 Å². The highest BCUT2D eigenvalue weighted by Crippen LogP contribution is 2.27. The lowest BCUT2D eigenvalue weighted by atomic mass is 9.86. The Bertz CT molecular complexity index is 411. The molecule has 1 aromatic heterocycles. The maximum absolute atomic E-state index is 5.85. The van der Waals surface area contributed by atoms with E-state index in [2.05, 4.69) is 30.0 Å². The number of aryl methyl sites for hydroxylation is 1. The lowest BCUT2D eigenvalue weighted by molar-refractivity contribution is 0.153. The average molecular weight is 309 g/mol. The fourth-order valence-electron chi connectivity index (χ4n) is 2.97. The van der Waals surface area contributed by atoms with Crippen LogP contribution in [-0.2, 0) is 17.8 Å². The number of H-pyrrole nitrogens is 1. The first-order valence-corrected chi connectivity index (χ1v) is 12.1. The minimum absolute atomic E-state index is 0.639. The molecule has 0 amide bonds. The molecule has 0 aromatic carbocycles. The molecule has 0 bridgehead atoms. The molecule has 0 radical (unpaired) electrons. The minimum Gasteiger partial charge on any atom is -0.377 e. The van der Waals surface area contributed by atoms with Gasteiger partial charge in [0.25, 0.3) is 0 Å². The first-order chi connectivity index (χ1) is 10.1. The van der Waals surface area contributed by atoms with Crippen molar-refractivity contribution in [3.05, 3.63) is 17.7 Å². The Morgan fingerprint density at radius 2 is 2.05 bits per heavy atom. The summed E-state index contributed by atoms with van der Waals surface area (Å²) in [5.74, 6) is 1.94. The summed E-state index contributed by atoms with van der Waals surface area (Å²) >= 11 is 0. The second-order valence-electron chi connectivity index (χ2n) is 7.41. The molecule has 1 heterocycles. The SMILES string of the molecule is CC[Si](C)(C)COCc1ncc(CCC2CCCCC2)[nH]1. The van der Waals surface area contributed by atoms with E-state index in [1.54, 1.807) is 0 Å². The lowest BCUT2D eigenvalue weighted by Crippen LogP contribution is -2.31. The van der Waals surface area contributed by atoms with Gasteiger partial charge in [-0.1, -0.05) is 58.2 Å². The van der Waals surface area contributed by atoms with Crippen LogP contribution in [0.3, 0.4) is 0 Å². The van der Waals surface area contributed by atoms with Gasteiger partial charge in [0.05, 0.1) is 8.07 Å². The van der Waals surface area contributed by atoms with Crippen molar-refractivity contribution >= 4 is 8.07 Å². The van der Waals surface area contributed by atoms with Crippen molar-refractivity contribution in [2.45, 2.75) is 77.6 Å². The van der Waals surface area contributed by atoms with Crippen molar-refractivity contribution in [2.75, 3.05) is 6.23 Å². The van der Waals surface area contributed by atoms with Gasteiger partial charge in [-0.2, -0.15) is 0 Å². The molecule has 0 spiro atoms. The molecule has 3 nitrogen and oxygen atoms in total. The fraction of sp³-hybridized carbons (Fsp3) is 0.824. The van der Waals surface area contributed by atoms with Crippen LogP contribution in [0.25, 0.3) is 0 Å². The number of hydrogen-bond donors (Lipinski definition) is 1. The smallest absolute Gasteiger partial charge is 0.132 e. The highest BCUT2D eigenvalue weighted by Gasteiger charge is 2.18. The van der Waals surface area contributed by atoms with Crippen molar-refractivity contribution in [2.24, 2.45) is 5.92 Å². The fourth-order valence-corrected chi connectivity index (χ4v) is 3.83. The standard InChI is InChI=1S/C17H32N2OSi/c1-4-21(2,3)14-20-13-17-18-12-16(19-17)11-10-15-8-6-5-7-9-15/h12,15H,4-11,13-14H2,1-3H3,(H,18,19). The highest BCUT2D eigenvalue weighted by molar-refractivity contribution is 6.77. The molecule has 1 fully saturated rings. The topological polar surface area (TPSA) is 37.9 Å². The molecule has 0 unspecified atom stereocenters. The molecule has 1 N–H and O–H groups in total. The van der Waals surface area contributed by atoms with Gasteiger partial charge in [0.2, 0.25) is 0 Å². The molecule has 1 aromatic rings. The Labute approximate surface area is 130 Å². The van der Waals surface area contributed by atoms with E-state index >= 15 is 0 Å². The first kappa shape index (κ1) is 16.8. The predicted molar refractivity (Wildman–Crippen MR) is 91.1 cm³/mol. The number of rotatable bonds is 8. The summed E-state index contributed by atoms with van der Waals surface area (Å²) in [5, 5.41) is 0.